The largest absolute Gasteiger partial charge is 0.366 e. The number of amides is 1. The molecule has 2 aromatic carbocycles. The number of fused-ring (bicyclic) bond motifs is 2. The lowest BCUT2D eigenvalue weighted by atomic mass is 10.0. The Balaban J connectivity index is 0.00000210. The molecular formula is C22H30N4O. The van der Waals surface area contributed by atoms with E-state index in [1.807, 2.05) is 12.1 Å². The summed E-state index contributed by atoms with van der Waals surface area (Å²) in [4.78, 5) is 13.8. The fourth-order valence-electron chi connectivity index (χ4n) is 4.08. The Morgan fingerprint density at radius 2 is 1.63 bits per heavy atom. The van der Waals surface area contributed by atoms with Gasteiger partial charge in [-0.15, -0.1) is 0 Å². The highest BCUT2D eigenvalue weighted by atomic mass is 16.2. The standard InChI is InChI=1S/C21H26N4O.CH4/c22-24-21(26)11-17-5-3-15(4-6-17)1-2-16-7-9-19(10-8-16)25-14-18-12-20(25)13-23-18;/h3-10,18,20,23H,1-2,11-14,22H2,(H,24,26);1H4. The molecule has 2 bridgehead atoms. The van der Waals surface area contributed by atoms with Crippen molar-refractivity contribution in [3.8, 4) is 0 Å². The Kier molecular flexibility index (Phi) is 6.14. The van der Waals surface area contributed by atoms with Gasteiger partial charge in [-0.25, -0.2) is 5.84 Å². The summed E-state index contributed by atoms with van der Waals surface area (Å²) in [7, 11) is 0. The van der Waals surface area contributed by atoms with Gasteiger partial charge in [0, 0.05) is 30.9 Å². The van der Waals surface area contributed by atoms with E-state index in [1.54, 1.807) is 0 Å². The molecule has 2 fully saturated rings. The SMILES string of the molecule is C.NNC(=O)Cc1ccc(CCc2ccc(N3CC4CC3CN4)cc2)cc1. The molecule has 2 aromatic rings. The lowest BCUT2D eigenvalue weighted by Crippen LogP contribution is -2.43. The smallest absolute Gasteiger partial charge is 0.238 e. The van der Waals surface area contributed by atoms with E-state index in [4.69, 9.17) is 5.84 Å². The van der Waals surface area contributed by atoms with Crippen molar-refractivity contribution in [1.82, 2.24) is 10.7 Å². The Morgan fingerprint density at radius 3 is 2.15 bits per heavy atom. The second kappa shape index (κ2) is 8.55. The first-order valence-electron chi connectivity index (χ1n) is 9.37. The summed E-state index contributed by atoms with van der Waals surface area (Å²) >= 11 is 0. The molecule has 2 unspecified atom stereocenters. The van der Waals surface area contributed by atoms with E-state index >= 15 is 0 Å². The highest BCUT2D eigenvalue weighted by molar-refractivity contribution is 5.77. The molecule has 2 heterocycles. The van der Waals surface area contributed by atoms with Crippen LogP contribution >= 0.6 is 0 Å². The van der Waals surface area contributed by atoms with E-state index in [0.717, 1.165) is 31.5 Å². The minimum Gasteiger partial charge on any atom is -0.366 e. The third-order valence-corrected chi connectivity index (χ3v) is 5.58. The fourth-order valence-corrected chi connectivity index (χ4v) is 4.08. The maximum atomic E-state index is 11.3. The number of piperazine rings is 1. The molecule has 0 radical (unpaired) electrons. The number of hydrogen-bond donors (Lipinski definition) is 3. The maximum Gasteiger partial charge on any atom is 0.238 e. The first kappa shape index (κ1) is 19.4. The predicted octanol–water partition coefficient (Wildman–Crippen LogP) is 2.19. The van der Waals surface area contributed by atoms with Crippen molar-refractivity contribution in [3.63, 3.8) is 0 Å². The van der Waals surface area contributed by atoms with Crippen molar-refractivity contribution < 1.29 is 4.79 Å². The van der Waals surface area contributed by atoms with Crippen LogP contribution in [0.25, 0.3) is 0 Å². The molecule has 2 aliphatic rings. The van der Waals surface area contributed by atoms with Gasteiger partial charge in [-0.3, -0.25) is 10.2 Å². The fraction of sp³-hybridized carbons (Fsp3) is 0.409. The average molecular weight is 367 g/mol. The molecule has 4 rings (SSSR count). The highest BCUT2D eigenvalue weighted by Gasteiger charge is 2.37. The van der Waals surface area contributed by atoms with Crippen LogP contribution in [-0.2, 0) is 24.1 Å². The minimum absolute atomic E-state index is 0. The predicted molar refractivity (Wildman–Crippen MR) is 111 cm³/mol. The molecule has 5 heteroatoms. The lowest BCUT2D eigenvalue weighted by Gasteiger charge is -2.29. The lowest BCUT2D eigenvalue weighted by molar-refractivity contribution is -0.120. The second-order valence-electron chi connectivity index (χ2n) is 7.37. The van der Waals surface area contributed by atoms with Crippen LogP contribution in [0.1, 0.15) is 30.5 Å². The molecule has 144 valence electrons. The van der Waals surface area contributed by atoms with Crippen LogP contribution in [0.4, 0.5) is 5.69 Å². The summed E-state index contributed by atoms with van der Waals surface area (Å²) in [6, 6.07) is 18.6. The number of nitrogens with zero attached hydrogens (tertiary/aromatic N) is 1. The van der Waals surface area contributed by atoms with Crippen molar-refractivity contribution in [3.05, 3.63) is 65.2 Å². The van der Waals surface area contributed by atoms with E-state index in [9.17, 15) is 4.79 Å². The van der Waals surface area contributed by atoms with Gasteiger partial charge in [-0.05, 0) is 48.1 Å². The van der Waals surface area contributed by atoms with E-state index in [-0.39, 0.29) is 13.3 Å². The Morgan fingerprint density at radius 1 is 1.04 bits per heavy atom. The van der Waals surface area contributed by atoms with Crippen LogP contribution in [-0.4, -0.2) is 31.1 Å². The van der Waals surface area contributed by atoms with E-state index in [2.05, 4.69) is 52.0 Å². The topological polar surface area (TPSA) is 70.4 Å². The number of hydrogen-bond acceptors (Lipinski definition) is 4. The van der Waals surface area contributed by atoms with Gasteiger partial charge in [-0.1, -0.05) is 43.8 Å². The number of anilines is 1. The maximum absolute atomic E-state index is 11.3. The molecular weight excluding hydrogens is 336 g/mol. The molecule has 4 N–H and O–H groups in total. The molecule has 5 nitrogen and oxygen atoms in total. The number of hydrazine groups is 1. The molecule has 0 saturated carbocycles. The number of aryl methyl sites for hydroxylation is 2. The van der Waals surface area contributed by atoms with Crippen LogP contribution < -0.4 is 21.5 Å². The van der Waals surface area contributed by atoms with E-state index in [0.29, 0.717) is 18.5 Å². The van der Waals surface area contributed by atoms with Gasteiger partial charge in [0.05, 0.1) is 6.42 Å². The molecule has 0 aliphatic carbocycles. The van der Waals surface area contributed by atoms with Crippen LogP contribution in [0, 0.1) is 0 Å². The quantitative estimate of drug-likeness (QED) is 0.416. The Bertz CT molecular complexity index is 757. The molecule has 2 atom stereocenters. The van der Waals surface area contributed by atoms with Gasteiger partial charge in [0.25, 0.3) is 0 Å². The van der Waals surface area contributed by atoms with Crippen LogP contribution in [0.15, 0.2) is 48.5 Å². The van der Waals surface area contributed by atoms with Crippen molar-refractivity contribution in [2.75, 3.05) is 18.0 Å². The minimum atomic E-state index is -0.167. The molecule has 27 heavy (non-hydrogen) atoms. The normalized spacial score (nSPS) is 20.4. The summed E-state index contributed by atoms with van der Waals surface area (Å²) in [6.07, 6.45) is 3.63. The average Bonchev–Trinajstić information content (AvgIpc) is 3.31. The molecule has 0 spiro atoms. The molecule has 0 aromatic heterocycles. The zero-order chi connectivity index (χ0) is 17.9. The summed E-state index contributed by atoms with van der Waals surface area (Å²) < 4.78 is 0. The van der Waals surface area contributed by atoms with Crippen molar-refractivity contribution in [2.45, 2.75) is 45.2 Å². The van der Waals surface area contributed by atoms with Crippen LogP contribution in [0.5, 0.6) is 0 Å². The van der Waals surface area contributed by atoms with Crippen LogP contribution in [0.3, 0.4) is 0 Å². The number of nitrogens with two attached hydrogens (primary N) is 1. The number of carbonyl (C=O) groups excluding carboxylic acids is 1. The van der Waals surface area contributed by atoms with Gasteiger partial charge in [-0.2, -0.15) is 0 Å². The van der Waals surface area contributed by atoms with Gasteiger partial charge >= 0.3 is 0 Å². The highest BCUT2D eigenvalue weighted by Crippen LogP contribution is 2.29. The van der Waals surface area contributed by atoms with E-state index in [1.165, 1.54) is 23.2 Å². The Labute approximate surface area is 161 Å². The first-order valence-corrected chi connectivity index (χ1v) is 9.37. The molecule has 2 saturated heterocycles. The first-order chi connectivity index (χ1) is 12.7. The summed E-state index contributed by atoms with van der Waals surface area (Å²) in [5, 5.41) is 3.55. The van der Waals surface area contributed by atoms with E-state index < -0.39 is 0 Å². The third kappa shape index (κ3) is 4.49. The van der Waals surface area contributed by atoms with Crippen molar-refractivity contribution >= 4 is 11.6 Å². The number of nitrogens with one attached hydrogen (secondary N) is 2. The van der Waals surface area contributed by atoms with Crippen molar-refractivity contribution in [2.24, 2.45) is 5.84 Å². The summed E-state index contributed by atoms with van der Waals surface area (Å²) in [5.41, 5.74) is 7.15. The molecule has 2 aliphatic heterocycles. The second-order valence-corrected chi connectivity index (χ2v) is 7.37. The van der Waals surface area contributed by atoms with Gasteiger partial charge in [0.15, 0.2) is 0 Å². The zero-order valence-electron chi connectivity index (χ0n) is 14.9. The third-order valence-electron chi connectivity index (χ3n) is 5.58. The zero-order valence-corrected chi connectivity index (χ0v) is 14.9. The van der Waals surface area contributed by atoms with Crippen molar-refractivity contribution in [1.29, 1.82) is 0 Å². The number of rotatable bonds is 6. The van der Waals surface area contributed by atoms with Gasteiger partial charge in [0.1, 0.15) is 0 Å². The monoisotopic (exact) mass is 366 g/mol. The van der Waals surface area contributed by atoms with Gasteiger partial charge < -0.3 is 10.2 Å². The summed E-state index contributed by atoms with van der Waals surface area (Å²) in [6.45, 7) is 2.26. The number of benzene rings is 2. The number of carbonyl (C=O) groups is 1. The van der Waals surface area contributed by atoms with Crippen LogP contribution in [0.2, 0.25) is 0 Å². The Hall–Kier alpha value is -2.37. The summed E-state index contributed by atoms with van der Waals surface area (Å²) in [5.74, 6) is 4.96. The molecule has 1 amide bonds. The van der Waals surface area contributed by atoms with Gasteiger partial charge in [0.2, 0.25) is 5.91 Å².